The molecule has 6 nitrogen and oxygen atoms in total. The zero-order chi connectivity index (χ0) is 20.2. The smallest absolute Gasteiger partial charge is 0.237 e. The number of hydrogen-bond donors (Lipinski definition) is 3. The number of fused-ring (bicyclic) bond motifs is 5. The summed E-state index contributed by atoms with van der Waals surface area (Å²) in [6.07, 6.45) is 2.43. The highest BCUT2D eigenvalue weighted by atomic mass is 35.5. The number of benzene rings is 2. The number of aromatic amines is 1. The molecule has 1 aromatic heterocycles. The molecule has 3 saturated heterocycles. The van der Waals surface area contributed by atoms with E-state index < -0.39 is 5.92 Å². The van der Waals surface area contributed by atoms with Crippen LogP contribution in [0.1, 0.15) is 36.2 Å². The monoisotopic (exact) mass is 421 g/mol. The fraction of sp³-hybridized carbons (Fsp3) is 0.391. The predicted octanol–water partition coefficient (Wildman–Crippen LogP) is 3.68. The minimum atomic E-state index is -0.446. The first-order valence-corrected chi connectivity index (χ1v) is 11.1. The highest BCUT2D eigenvalue weighted by molar-refractivity contribution is 6.30. The zero-order valence-electron chi connectivity index (χ0n) is 16.6. The second kappa shape index (κ2) is 7.08. The molecule has 2 aromatic carbocycles. The number of halogens is 1. The molecule has 2 bridgehead atoms. The van der Waals surface area contributed by atoms with E-state index in [1.165, 1.54) is 25.9 Å². The molecular weight excluding hydrogens is 398 g/mol. The molecule has 4 aliphatic heterocycles. The average molecular weight is 422 g/mol. The highest BCUT2D eigenvalue weighted by Gasteiger charge is 2.43. The van der Waals surface area contributed by atoms with Gasteiger partial charge in [0.25, 0.3) is 0 Å². The average Bonchev–Trinajstić information content (AvgIpc) is 3.19. The number of nitrogens with zero attached hydrogens (tertiary/aromatic N) is 2. The summed E-state index contributed by atoms with van der Waals surface area (Å²) in [5.41, 5.74) is 3.68. The second-order valence-electron chi connectivity index (χ2n) is 8.73. The first-order valence-electron chi connectivity index (χ1n) is 10.7. The van der Waals surface area contributed by atoms with Crippen LogP contribution in [0, 0.1) is 5.92 Å². The van der Waals surface area contributed by atoms with Crippen molar-refractivity contribution in [1.29, 1.82) is 0 Å². The molecule has 5 heterocycles. The first-order chi connectivity index (χ1) is 14.7. The fourth-order valence-electron chi connectivity index (χ4n) is 5.42. The summed E-state index contributed by atoms with van der Waals surface area (Å²) in [6.45, 7) is 3.40. The van der Waals surface area contributed by atoms with Crippen molar-refractivity contribution in [1.82, 2.24) is 20.2 Å². The molecule has 154 valence electrons. The van der Waals surface area contributed by atoms with E-state index in [0.29, 0.717) is 22.8 Å². The zero-order valence-corrected chi connectivity index (χ0v) is 17.3. The van der Waals surface area contributed by atoms with Crippen LogP contribution < -0.4 is 10.6 Å². The molecule has 0 spiro atoms. The van der Waals surface area contributed by atoms with Crippen LogP contribution in [0.15, 0.2) is 42.5 Å². The summed E-state index contributed by atoms with van der Waals surface area (Å²) >= 11 is 6.37. The Balaban J connectivity index is 1.43. The molecule has 7 rings (SSSR count). The lowest BCUT2D eigenvalue weighted by atomic mass is 9.81. The molecule has 0 aliphatic carbocycles. The summed E-state index contributed by atoms with van der Waals surface area (Å²) in [5.74, 6) is 0.860. The molecule has 1 amide bonds. The number of hydrogen-bond acceptors (Lipinski definition) is 4. The van der Waals surface area contributed by atoms with Gasteiger partial charge in [0.15, 0.2) is 0 Å². The molecule has 3 N–H and O–H groups in total. The third-order valence-corrected chi connectivity index (χ3v) is 7.21. The van der Waals surface area contributed by atoms with Gasteiger partial charge >= 0.3 is 0 Å². The largest absolute Gasteiger partial charge is 0.341 e. The first kappa shape index (κ1) is 18.4. The van der Waals surface area contributed by atoms with Crippen LogP contribution in [0.4, 0.5) is 5.69 Å². The topological polar surface area (TPSA) is 73.1 Å². The van der Waals surface area contributed by atoms with Crippen molar-refractivity contribution in [3.63, 3.8) is 0 Å². The van der Waals surface area contributed by atoms with Gasteiger partial charge in [-0.15, -0.1) is 0 Å². The minimum Gasteiger partial charge on any atom is -0.341 e. The van der Waals surface area contributed by atoms with Gasteiger partial charge in [-0.3, -0.25) is 4.79 Å². The Bertz CT molecular complexity index is 1090. The van der Waals surface area contributed by atoms with E-state index in [-0.39, 0.29) is 11.9 Å². The van der Waals surface area contributed by atoms with Crippen LogP contribution in [0.3, 0.4) is 0 Å². The minimum absolute atomic E-state index is 0.0392. The van der Waals surface area contributed by atoms with Gasteiger partial charge in [0.05, 0.1) is 17.1 Å². The fourth-order valence-corrected chi connectivity index (χ4v) is 5.60. The van der Waals surface area contributed by atoms with E-state index >= 15 is 0 Å². The normalized spacial score (nSPS) is 30.3. The molecular formula is C23H24ClN5O. The number of carbonyl (C=O) groups excluding carboxylic acids is 1. The van der Waals surface area contributed by atoms with Gasteiger partial charge in [-0.1, -0.05) is 23.7 Å². The Morgan fingerprint density at radius 3 is 2.73 bits per heavy atom. The van der Waals surface area contributed by atoms with Crippen LogP contribution in [-0.4, -0.2) is 46.5 Å². The number of carbonyl (C=O) groups is 1. The number of rotatable bonds is 3. The van der Waals surface area contributed by atoms with Gasteiger partial charge in [0.2, 0.25) is 5.91 Å². The van der Waals surface area contributed by atoms with E-state index in [1.54, 1.807) is 0 Å². The highest BCUT2D eigenvalue weighted by Crippen LogP contribution is 2.42. The number of imidazole rings is 1. The molecule has 3 aromatic rings. The standard InChI is InChI=1S/C23H24ClN5O/c24-14-5-6-16-15(11-14)21(25-19-12-29-9-7-13(19)8-10-29)20(23(30)28-16)22-26-17-3-1-2-4-18(17)27-22/h1-6,11,13,19-21,25H,7-10,12H2,(H,26,27)(H,28,30)/t19-,20+,21-/m1/s1. The van der Waals surface area contributed by atoms with Crippen molar-refractivity contribution in [2.45, 2.75) is 30.8 Å². The number of amides is 1. The van der Waals surface area contributed by atoms with E-state index in [2.05, 4.69) is 20.5 Å². The van der Waals surface area contributed by atoms with Crippen molar-refractivity contribution in [3.05, 3.63) is 58.9 Å². The SMILES string of the molecule is O=C1Nc2ccc(Cl)cc2[C@@H](N[C@@H]2CN3CCC2CC3)[C@H]1c1nc2ccccc2[nH]1. The lowest BCUT2D eigenvalue weighted by Gasteiger charge is -2.47. The van der Waals surface area contributed by atoms with Gasteiger partial charge < -0.3 is 20.5 Å². The maximum atomic E-state index is 13.3. The predicted molar refractivity (Wildman–Crippen MR) is 118 cm³/mol. The Hall–Kier alpha value is -2.41. The summed E-state index contributed by atoms with van der Waals surface area (Å²) in [5, 5.41) is 7.62. The maximum Gasteiger partial charge on any atom is 0.237 e. The Morgan fingerprint density at radius 2 is 1.97 bits per heavy atom. The van der Waals surface area contributed by atoms with Gasteiger partial charge in [-0.2, -0.15) is 0 Å². The molecule has 30 heavy (non-hydrogen) atoms. The van der Waals surface area contributed by atoms with Crippen molar-refractivity contribution < 1.29 is 4.79 Å². The summed E-state index contributed by atoms with van der Waals surface area (Å²) in [6, 6.07) is 13.8. The van der Waals surface area contributed by atoms with Crippen molar-refractivity contribution >= 4 is 34.2 Å². The lowest BCUT2D eigenvalue weighted by Crippen LogP contribution is -2.58. The van der Waals surface area contributed by atoms with Crippen LogP contribution in [0.2, 0.25) is 5.02 Å². The number of piperidine rings is 3. The molecule has 4 aliphatic rings. The molecule has 0 radical (unpaired) electrons. The van der Waals surface area contributed by atoms with Gasteiger partial charge in [-0.05, 0) is 67.7 Å². The number of H-pyrrole nitrogens is 1. The van der Waals surface area contributed by atoms with Crippen molar-refractivity contribution in [3.8, 4) is 0 Å². The van der Waals surface area contributed by atoms with Crippen LogP contribution in [0.5, 0.6) is 0 Å². The number of anilines is 1. The van der Waals surface area contributed by atoms with Crippen LogP contribution in [-0.2, 0) is 4.79 Å². The third kappa shape index (κ3) is 3.02. The summed E-state index contributed by atoms with van der Waals surface area (Å²) in [7, 11) is 0. The summed E-state index contributed by atoms with van der Waals surface area (Å²) < 4.78 is 0. The summed E-state index contributed by atoms with van der Waals surface area (Å²) in [4.78, 5) is 24.0. The van der Waals surface area contributed by atoms with Gasteiger partial charge in [-0.25, -0.2) is 4.98 Å². The Labute approximate surface area is 180 Å². The van der Waals surface area contributed by atoms with Crippen LogP contribution in [0.25, 0.3) is 11.0 Å². The molecule has 0 saturated carbocycles. The van der Waals surface area contributed by atoms with E-state index in [4.69, 9.17) is 16.6 Å². The molecule has 3 fully saturated rings. The number of para-hydroxylation sites is 2. The maximum absolute atomic E-state index is 13.3. The number of aromatic nitrogens is 2. The quantitative estimate of drug-likeness (QED) is 0.603. The van der Waals surface area contributed by atoms with Gasteiger partial charge in [0.1, 0.15) is 11.7 Å². The van der Waals surface area contributed by atoms with Crippen molar-refractivity contribution in [2.75, 3.05) is 25.0 Å². The van der Waals surface area contributed by atoms with E-state index in [1.807, 2.05) is 42.5 Å². The van der Waals surface area contributed by atoms with Crippen molar-refractivity contribution in [2.24, 2.45) is 5.92 Å². The van der Waals surface area contributed by atoms with E-state index in [9.17, 15) is 4.79 Å². The second-order valence-corrected chi connectivity index (χ2v) is 9.16. The lowest BCUT2D eigenvalue weighted by molar-refractivity contribution is -0.119. The Morgan fingerprint density at radius 1 is 1.13 bits per heavy atom. The Kier molecular flexibility index (Phi) is 4.33. The molecule has 0 unspecified atom stereocenters. The number of nitrogens with one attached hydrogen (secondary N) is 3. The van der Waals surface area contributed by atoms with Gasteiger partial charge in [0, 0.05) is 23.3 Å². The van der Waals surface area contributed by atoms with E-state index in [0.717, 1.165) is 28.8 Å². The third-order valence-electron chi connectivity index (χ3n) is 6.97. The molecule has 7 heteroatoms. The molecule has 3 atom stereocenters. The van der Waals surface area contributed by atoms with Crippen LogP contribution >= 0.6 is 11.6 Å².